The molecule has 2 N–H and O–H groups in total. The molecule has 0 saturated heterocycles. The third kappa shape index (κ3) is 8.58. The van der Waals surface area contributed by atoms with E-state index in [1.165, 1.54) is 0 Å². The number of halogens is 2. The van der Waals surface area contributed by atoms with E-state index in [0.29, 0.717) is 34.8 Å². The van der Waals surface area contributed by atoms with E-state index in [1.807, 2.05) is 64.6 Å². The van der Waals surface area contributed by atoms with Gasteiger partial charge in [-0.1, -0.05) is 23.2 Å². The van der Waals surface area contributed by atoms with Gasteiger partial charge in [0.15, 0.2) is 0 Å². The molecule has 0 heterocycles. The van der Waals surface area contributed by atoms with Gasteiger partial charge >= 0.3 is 0 Å². The van der Waals surface area contributed by atoms with Gasteiger partial charge in [-0.3, -0.25) is 0 Å². The smallest absolute Gasteiger partial charge is 0.138 e. The number of likely N-dealkylation sites (N-methyl/N-ethyl adjacent to an activating group) is 1. The molecule has 6 nitrogen and oxygen atoms in total. The maximum Gasteiger partial charge on any atom is 0.138 e. The van der Waals surface area contributed by atoms with Crippen molar-refractivity contribution >= 4 is 34.6 Å². The molecule has 8 heteroatoms. The SMILES string of the molecule is CN(C)CCCOc1ccc(NNc2ccc(OCCN(C)C)c(Cl)c2)cc1Cl. The van der Waals surface area contributed by atoms with E-state index in [-0.39, 0.29) is 0 Å². The van der Waals surface area contributed by atoms with Gasteiger partial charge in [0.05, 0.1) is 28.0 Å². The first-order valence-electron chi connectivity index (χ1n) is 9.51. The molecule has 29 heavy (non-hydrogen) atoms. The van der Waals surface area contributed by atoms with Gasteiger partial charge < -0.3 is 30.1 Å². The standard InChI is InChI=1S/C21H30Cl2N4O2/c1-26(2)10-5-12-28-20-8-6-16(14-18(20)22)24-25-17-7-9-21(19(23)15-17)29-13-11-27(3)4/h6-9,14-15,24-25H,5,10-13H2,1-4H3. The molecule has 2 aromatic rings. The number of anilines is 2. The molecule has 0 radical (unpaired) electrons. The van der Waals surface area contributed by atoms with Gasteiger partial charge in [0.1, 0.15) is 18.1 Å². The number of benzene rings is 2. The van der Waals surface area contributed by atoms with Crippen molar-refractivity contribution < 1.29 is 9.47 Å². The zero-order chi connectivity index (χ0) is 21.2. The fourth-order valence-corrected chi connectivity index (χ4v) is 2.91. The highest BCUT2D eigenvalue weighted by Gasteiger charge is 2.06. The minimum absolute atomic E-state index is 0.551. The highest BCUT2D eigenvalue weighted by Crippen LogP contribution is 2.29. The molecule has 2 rings (SSSR count). The first-order chi connectivity index (χ1) is 13.8. The predicted molar refractivity (Wildman–Crippen MR) is 123 cm³/mol. The summed E-state index contributed by atoms with van der Waals surface area (Å²) in [6.45, 7) is 3.02. The second kappa shape index (κ2) is 12.0. The Labute approximate surface area is 183 Å². The third-order valence-electron chi connectivity index (χ3n) is 4.02. The van der Waals surface area contributed by atoms with Crippen LogP contribution in [0.4, 0.5) is 11.4 Å². The van der Waals surface area contributed by atoms with Gasteiger partial charge in [0, 0.05) is 13.1 Å². The number of ether oxygens (including phenoxy) is 2. The van der Waals surface area contributed by atoms with Gasteiger partial charge in [-0.25, -0.2) is 0 Å². The number of hydrogen-bond donors (Lipinski definition) is 2. The summed E-state index contributed by atoms with van der Waals surface area (Å²) in [6, 6.07) is 11.1. The van der Waals surface area contributed by atoms with E-state index in [4.69, 9.17) is 32.7 Å². The molecule has 160 valence electrons. The van der Waals surface area contributed by atoms with Crippen molar-refractivity contribution in [1.82, 2.24) is 9.80 Å². The molecule has 0 fully saturated rings. The lowest BCUT2D eigenvalue weighted by Crippen LogP contribution is -2.19. The molecule has 0 bridgehead atoms. The third-order valence-corrected chi connectivity index (χ3v) is 4.61. The van der Waals surface area contributed by atoms with Crippen molar-refractivity contribution in [3.05, 3.63) is 46.4 Å². The van der Waals surface area contributed by atoms with Crippen LogP contribution in [-0.4, -0.2) is 64.3 Å². The zero-order valence-corrected chi connectivity index (χ0v) is 19.0. The summed E-state index contributed by atoms with van der Waals surface area (Å²) >= 11 is 12.6. The Balaban J connectivity index is 1.84. The first kappa shape index (κ1) is 23.4. The topological polar surface area (TPSA) is 49.0 Å². The van der Waals surface area contributed by atoms with Gasteiger partial charge in [-0.2, -0.15) is 0 Å². The van der Waals surface area contributed by atoms with Crippen LogP contribution in [-0.2, 0) is 0 Å². The fourth-order valence-electron chi connectivity index (χ4n) is 2.44. The molecular weight excluding hydrogens is 411 g/mol. The van der Waals surface area contributed by atoms with Gasteiger partial charge in [0.25, 0.3) is 0 Å². The van der Waals surface area contributed by atoms with E-state index in [2.05, 4.69) is 20.7 Å². The molecule has 0 aliphatic rings. The summed E-state index contributed by atoms with van der Waals surface area (Å²) in [7, 11) is 8.08. The number of rotatable bonds is 12. The summed E-state index contributed by atoms with van der Waals surface area (Å²) in [5.74, 6) is 1.34. The Morgan fingerprint density at radius 1 is 0.724 bits per heavy atom. The van der Waals surface area contributed by atoms with Crippen molar-refractivity contribution in [3.8, 4) is 11.5 Å². The van der Waals surface area contributed by atoms with Crippen LogP contribution in [0.3, 0.4) is 0 Å². The average Bonchev–Trinajstić information content (AvgIpc) is 2.66. The molecule has 0 spiro atoms. The van der Waals surface area contributed by atoms with Gasteiger partial charge in [0.2, 0.25) is 0 Å². The quantitative estimate of drug-likeness (QED) is 0.368. The van der Waals surface area contributed by atoms with Crippen molar-refractivity contribution in [2.75, 3.05) is 65.3 Å². The maximum atomic E-state index is 6.33. The molecular formula is C21H30Cl2N4O2. The predicted octanol–water partition coefficient (Wildman–Crippen LogP) is 4.70. The number of nitrogens with one attached hydrogen (secondary N) is 2. The first-order valence-corrected chi connectivity index (χ1v) is 10.3. The van der Waals surface area contributed by atoms with Gasteiger partial charge in [-0.15, -0.1) is 0 Å². The Hall–Kier alpha value is -1.86. The van der Waals surface area contributed by atoms with Crippen LogP contribution in [0.5, 0.6) is 11.5 Å². The molecule has 0 unspecified atom stereocenters. The minimum Gasteiger partial charge on any atom is -0.492 e. The van der Waals surface area contributed by atoms with Crippen molar-refractivity contribution in [3.63, 3.8) is 0 Å². The van der Waals surface area contributed by atoms with Gasteiger partial charge in [-0.05, 0) is 71.0 Å². The normalized spacial score (nSPS) is 11.0. The Morgan fingerprint density at radius 3 is 1.66 bits per heavy atom. The molecule has 0 saturated carbocycles. The van der Waals surface area contributed by atoms with E-state index < -0.39 is 0 Å². The van der Waals surface area contributed by atoms with Crippen LogP contribution in [0.25, 0.3) is 0 Å². The maximum absolute atomic E-state index is 6.33. The van der Waals surface area contributed by atoms with Crippen LogP contribution in [0.2, 0.25) is 10.0 Å². The van der Waals surface area contributed by atoms with Crippen LogP contribution >= 0.6 is 23.2 Å². The summed E-state index contributed by atoms with van der Waals surface area (Å²) < 4.78 is 11.4. The van der Waals surface area contributed by atoms with Crippen LogP contribution in [0, 0.1) is 0 Å². The highest BCUT2D eigenvalue weighted by atomic mass is 35.5. The molecule has 0 aromatic heterocycles. The number of nitrogens with zero attached hydrogens (tertiary/aromatic N) is 2. The van der Waals surface area contributed by atoms with Crippen LogP contribution in [0.15, 0.2) is 36.4 Å². The van der Waals surface area contributed by atoms with Crippen LogP contribution < -0.4 is 20.3 Å². The lowest BCUT2D eigenvalue weighted by Gasteiger charge is -2.15. The monoisotopic (exact) mass is 440 g/mol. The highest BCUT2D eigenvalue weighted by molar-refractivity contribution is 6.32. The lowest BCUT2D eigenvalue weighted by molar-refractivity contribution is 0.261. The summed E-state index contributed by atoms with van der Waals surface area (Å²) in [5.41, 5.74) is 7.86. The van der Waals surface area contributed by atoms with E-state index in [1.54, 1.807) is 0 Å². The molecule has 0 aliphatic heterocycles. The second-order valence-corrected chi connectivity index (χ2v) is 8.01. The van der Waals surface area contributed by atoms with Crippen molar-refractivity contribution in [2.45, 2.75) is 6.42 Å². The number of hydrazine groups is 1. The van der Waals surface area contributed by atoms with Crippen LogP contribution in [0.1, 0.15) is 6.42 Å². The fraction of sp³-hybridized carbons (Fsp3) is 0.429. The molecule has 0 amide bonds. The molecule has 0 aliphatic carbocycles. The summed E-state index contributed by atoms with van der Waals surface area (Å²) in [4.78, 5) is 4.18. The summed E-state index contributed by atoms with van der Waals surface area (Å²) in [5, 5.41) is 1.11. The van der Waals surface area contributed by atoms with Crippen molar-refractivity contribution in [1.29, 1.82) is 0 Å². The largest absolute Gasteiger partial charge is 0.492 e. The molecule has 2 aromatic carbocycles. The Kier molecular flexibility index (Phi) is 9.67. The van der Waals surface area contributed by atoms with E-state index in [0.717, 1.165) is 30.9 Å². The lowest BCUT2D eigenvalue weighted by atomic mass is 10.3. The summed E-state index contributed by atoms with van der Waals surface area (Å²) in [6.07, 6.45) is 0.945. The Bertz CT molecular complexity index is 772. The zero-order valence-electron chi connectivity index (χ0n) is 17.5. The number of hydrogen-bond acceptors (Lipinski definition) is 6. The average molecular weight is 441 g/mol. The molecule has 0 atom stereocenters. The van der Waals surface area contributed by atoms with Crippen molar-refractivity contribution in [2.24, 2.45) is 0 Å². The van der Waals surface area contributed by atoms with E-state index in [9.17, 15) is 0 Å². The minimum atomic E-state index is 0.551. The Morgan fingerprint density at radius 2 is 1.21 bits per heavy atom. The second-order valence-electron chi connectivity index (χ2n) is 7.20. The van der Waals surface area contributed by atoms with E-state index >= 15 is 0 Å².